The zero-order chi connectivity index (χ0) is 15.0. The predicted octanol–water partition coefficient (Wildman–Crippen LogP) is 3.66. The summed E-state index contributed by atoms with van der Waals surface area (Å²) in [6.07, 6.45) is 0.505. The number of halogens is 1. The molecule has 2 aromatic carbocycles. The van der Waals surface area contributed by atoms with Crippen molar-refractivity contribution in [2.24, 2.45) is 0 Å². The molecule has 1 unspecified atom stereocenters. The van der Waals surface area contributed by atoms with E-state index < -0.39 is 5.41 Å². The molecule has 1 atom stereocenters. The average molecular weight is 297 g/mol. The van der Waals surface area contributed by atoms with Crippen molar-refractivity contribution in [1.82, 2.24) is 0 Å². The van der Waals surface area contributed by atoms with E-state index in [9.17, 15) is 4.79 Å². The number of anilines is 1. The van der Waals surface area contributed by atoms with Crippen molar-refractivity contribution in [3.05, 3.63) is 64.2 Å². The van der Waals surface area contributed by atoms with Gasteiger partial charge in [-0.1, -0.05) is 29.8 Å². The molecule has 4 heteroatoms. The molecule has 1 aliphatic rings. The van der Waals surface area contributed by atoms with Gasteiger partial charge >= 0.3 is 0 Å². The standard InChI is InChI=1S/C17H13ClN2O/c1-17(9-11-4-2-5-12(8-11)10-19)15-13(18)6-3-7-14(15)20-16(17)21/h2-8H,9H2,1H3,(H,20,21). The van der Waals surface area contributed by atoms with E-state index in [0.29, 0.717) is 17.0 Å². The van der Waals surface area contributed by atoms with Crippen molar-refractivity contribution in [3.8, 4) is 6.07 Å². The summed E-state index contributed by atoms with van der Waals surface area (Å²) in [7, 11) is 0. The van der Waals surface area contributed by atoms with Crippen LogP contribution in [0.1, 0.15) is 23.6 Å². The fraction of sp³-hybridized carbons (Fsp3) is 0.176. The van der Waals surface area contributed by atoms with Crippen LogP contribution in [-0.2, 0) is 16.6 Å². The first-order chi connectivity index (χ1) is 10.0. The Labute approximate surface area is 128 Å². The van der Waals surface area contributed by atoms with E-state index in [1.165, 1.54) is 0 Å². The molecule has 0 aliphatic carbocycles. The van der Waals surface area contributed by atoms with Gasteiger partial charge in [0.25, 0.3) is 0 Å². The van der Waals surface area contributed by atoms with E-state index >= 15 is 0 Å². The zero-order valence-electron chi connectivity index (χ0n) is 11.5. The van der Waals surface area contributed by atoms with Crippen LogP contribution >= 0.6 is 11.6 Å². The fourth-order valence-electron chi connectivity index (χ4n) is 2.89. The zero-order valence-corrected chi connectivity index (χ0v) is 12.2. The van der Waals surface area contributed by atoms with Gasteiger partial charge in [0.05, 0.1) is 17.0 Å². The lowest BCUT2D eigenvalue weighted by molar-refractivity contribution is -0.120. The van der Waals surface area contributed by atoms with E-state index in [4.69, 9.17) is 16.9 Å². The first kappa shape index (κ1) is 13.7. The van der Waals surface area contributed by atoms with Gasteiger partial charge < -0.3 is 5.32 Å². The van der Waals surface area contributed by atoms with Gasteiger partial charge in [0.15, 0.2) is 0 Å². The minimum absolute atomic E-state index is 0.0621. The van der Waals surface area contributed by atoms with Crippen LogP contribution in [0.3, 0.4) is 0 Å². The summed E-state index contributed by atoms with van der Waals surface area (Å²) >= 11 is 6.30. The Balaban J connectivity index is 2.06. The fourth-order valence-corrected chi connectivity index (χ4v) is 3.27. The molecule has 2 aromatic rings. The number of benzene rings is 2. The molecule has 21 heavy (non-hydrogen) atoms. The molecule has 3 rings (SSSR count). The molecule has 104 valence electrons. The van der Waals surface area contributed by atoms with Gasteiger partial charge in [-0.15, -0.1) is 0 Å². The minimum atomic E-state index is -0.720. The molecule has 3 nitrogen and oxygen atoms in total. The van der Waals surface area contributed by atoms with E-state index in [-0.39, 0.29) is 5.91 Å². The summed E-state index contributed by atoms with van der Waals surface area (Å²) < 4.78 is 0. The topological polar surface area (TPSA) is 52.9 Å². The number of hydrogen-bond donors (Lipinski definition) is 1. The highest BCUT2D eigenvalue weighted by atomic mass is 35.5. The summed E-state index contributed by atoms with van der Waals surface area (Å²) in [6, 6.07) is 14.9. The summed E-state index contributed by atoms with van der Waals surface area (Å²) in [5.74, 6) is -0.0621. The number of nitriles is 1. The van der Waals surface area contributed by atoms with Crippen LogP contribution < -0.4 is 5.32 Å². The third-order valence-corrected chi connectivity index (χ3v) is 4.24. The second kappa shape index (κ2) is 4.91. The van der Waals surface area contributed by atoms with E-state index in [1.54, 1.807) is 12.1 Å². The number of rotatable bonds is 2. The maximum Gasteiger partial charge on any atom is 0.235 e. The molecule has 1 heterocycles. The highest BCUT2D eigenvalue weighted by molar-refractivity contribution is 6.33. The molecule has 0 saturated heterocycles. The van der Waals surface area contributed by atoms with Gasteiger partial charge in [-0.3, -0.25) is 4.79 Å². The lowest BCUT2D eigenvalue weighted by atomic mass is 9.78. The van der Waals surface area contributed by atoms with Gasteiger partial charge in [0, 0.05) is 16.3 Å². The first-order valence-corrected chi connectivity index (χ1v) is 7.02. The lowest BCUT2D eigenvalue weighted by Crippen LogP contribution is -2.33. The number of fused-ring (bicyclic) bond motifs is 1. The van der Waals surface area contributed by atoms with Crippen molar-refractivity contribution in [2.45, 2.75) is 18.8 Å². The van der Waals surface area contributed by atoms with Crippen LogP contribution in [0.15, 0.2) is 42.5 Å². The van der Waals surface area contributed by atoms with Crippen molar-refractivity contribution in [3.63, 3.8) is 0 Å². The highest BCUT2D eigenvalue weighted by Crippen LogP contribution is 2.43. The Morgan fingerprint density at radius 1 is 1.29 bits per heavy atom. The second-order valence-electron chi connectivity index (χ2n) is 5.44. The summed E-state index contributed by atoms with van der Waals surface area (Å²) in [5.41, 5.74) is 2.42. The largest absolute Gasteiger partial charge is 0.325 e. The number of carbonyl (C=O) groups is 1. The van der Waals surface area contributed by atoms with Crippen molar-refractivity contribution >= 4 is 23.2 Å². The Bertz CT molecular complexity index is 779. The van der Waals surface area contributed by atoms with Gasteiger partial charge in [-0.2, -0.15) is 5.26 Å². The lowest BCUT2D eigenvalue weighted by Gasteiger charge is -2.23. The SMILES string of the molecule is CC1(Cc2cccc(C#N)c2)C(=O)Nc2cccc(Cl)c21. The van der Waals surface area contributed by atoms with Gasteiger partial charge in [0.2, 0.25) is 5.91 Å². The molecule has 1 amide bonds. The van der Waals surface area contributed by atoms with Crippen LogP contribution in [0.25, 0.3) is 0 Å². The molecule has 1 aliphatic heterocycles. The maximum absolute atomic E-state index is 12.4. The van der Waals surface area contributed by atoms with Crippen LogP contribution in [-0.4, -0.2) is 5.91 Å². The molecule has 1 N–H and O–H groups in total. The molecule has 0 fully saturated rings. The summed E-state index contributed by atoms with van der Waals surface area (Å²) in [5, 5.41) is 12.5. The molecule has 0 radical (unpaired) electrons. The molecule has 0 bridgehead atoms. The average Bonchev–Trinajstić information content (AvgIpc) is 2.71. The molecular formula is C17H13ClN2O. The Hall–Kier alpha value is -2.31. The van der Waals surface area contributed by atoms with Gasteiger partial charge in [-0.05, 0) is 43.2 Å². The number of carbonyl (C=O) groups excluding carboxylic acids is 1. The summed E-state index contributed by atoms with van der Waals surface area (Å²) in [6.45, 7) is 1.89. The van der Waals surface area contributed by atoms with Crippen LogP contribution in [0, 0.1) is 11.3 Å². The number of hydrogen-bond acceptors (Lipinski definition) is 2. The normalized spacial score (nSPS) is 19.8. The van der Waals surface area contributed by atoms with Crippen molar-refractivity contribution in [1.29, 1.82) is 5.26 Å². The molecule has 0 spiro atoms. The quantitative estimate of drug-likeness (QED) is 0.919. The highest BCUT2D eigenvalue weighted by Gasteiger charge is 2.44. The summed E-state index contributed by atoms with van der Waals surface area (Å²) in [4.78, 5) is 12.4. The number of nitrogens with zero attached hydrogens (tertiary/aromatic N) is 1. The third kappa shape index (κ3) is 2.18. The maximum atomic E-state index is 12.4. The van der Waals surface area contributed by atoms with E-state index in [0.717, 1.165) is 16.8 Å². The van der Waals surface area contributed by atoms with E-state index in [2.05, 4.69) is 11.4 Å². The Morgan fingerprint density at radius 2 is 2.05 bits per heavy atom. The monoisotopic (exact) mass is 296 g/mol. The smallest absolute Gasteiger partial charge is 0.235 e. The van der Waals surface area contributed by atoms with Crippen LogP contribution in [0.5, 0.6) is 0 Å². The number of amides is 1. The van der Waals surface area contributed by atoms with Crippen LogP contribution in [0.2, 0.25) is 5.02 Å². The van der Waals surface area contributed by atoms with Crippen molar-refractivity contribution < 1.29 is 4.79 Å². The second-order valence-corrected chi connectivity index (χ2v) is 5.84. The predicted molar refractivity (Wildman–Crippen MR) is 82.3 cm³/mol. The van der Waals surface area contributed by atoms with Crippen molar-refractivity contribution in [2.75, 3.05) is 5.32 Å². The molecule has 0 saturated carbocycles. The van der Waals surface area contributed by atoms with Gasteiger partial charge in [-0.25, -0.2) is 0 Å². The minimum Gasteiger partial charge on any atom is -0.325 e. The molecular weight excluding hydrogens is 284 g/mol. The number of nitrogens with one attached hydrogen (secondary N) is 1. The Morgan fingerprint density at radius 3 is 2.81 bits per heavy atom. The Kier molecular flexibility index (Phi) is 3.19. The van der Waals surface area contributed by atoms with E-state index in [1.807, 2.05) is 37.3 Å². The van der Waals surface area contributed by atoms with Gasteiger partial charge in [0.1, 0.15) is 0 Å². The first-order valence-electron chi connectivity index (χ1n) is 6.64. The van der Waals surface area contributed by atoms with Crippen LogP contribution in [0.4, 0.5) is 5.69 Å². The third-order valence-electron chi connectivity index (χ3n) is 3.93. The molecule has 0 aromatic heterocycles.